The Bertz CT molecular complexity index is 1450. The number of fused-ring (bicyclic) bond motifs is 1. The second kappa shape index (κ2) is 9.10. The van der Waals surface area contributed by atoms with Gasteiger partial charge < -0.3 is 10.0 Å². The van der Waals surface area contributed by atoms with Crippen molar-refractivity contribution in [1.29, 1.82) is 5.26 Å². The van der Waals surface area contributed by atoms with Gasteiger partial charge >= 0.3 is 0 Å². The fraction of sp³-hybridized carbons (Fsp3) is 0.250. The Hall–Kier alpha value is -4.21. The fourth-order valence-corrected chi connectivity index (χ4v) is 4.29. The van der Waals surface area contributed by atoms with Gasteiger partial charge in [0.25, 0.3) is 6.43 Å². The van der Waals surface area contributed by atoms with E-state index in [4.69, 9.17) is 0 Å². The second-order valence-electron chi connectivity index (χ2n) is 8.34. The molecule has 0 amide bonds. The van der Waals surface area contributed by atoms with Crippen LogP contribution >= 0.6 is 0 Å². The fourth-order valence-electron chi connectivity index (χ4n) is 4.29. The Morgan fingerprint density at radius 2 is 2.14 bits per heavy atom. The van der Waals surface area contributed by atoms with E-state index < -0.39 is 24.1 Å². The van der Waals surface area contributed by atoms with Gasteiger partial charge in [-0.2, -0.15) is 14.9 Å². The summed E-state index contributed by atoms with van der Waals surface area (Å²) in [6.07, 6.45) is 5.83. The van der Waals surface area contributed by atoms with Crippen LogP contribution in [0.25, 0.3) is 11.7 Å². The molecule has 0 unspecified atom stereocenters. The highest BCUT2D eigenvalue weighted by Crippen LogP contribution is 2.35. The predicted molar refractivity (Wildman–Crippen MR) is 127 cm³/mol. The molecule has 1 saturated heterocycles. The number of anilines is 1. The molecule has 2 aromatic rings. The number of allylic oxidation sites excluding steroid dienone is 4. The summed E-state index contributed by atoms with van der Waals surface area (Å²) >= 11 is 0. The van der Waals surface area contributed by atoms with Crippen LogP contribution in [0.2, 0.25) is 0 Å². The molecule has 4 heterocycles. The van der Waals surface area contributed by atoms with Gasteiger partial charge in [0.1, 0.15) is 29.0 Å². The highest BCUT2D eigenvalue weighted by molar-refractivity contribution is 6.15. The first kappa shape index (κ1) is 23.5. The Labute approximate surface area is 204 Å². The molecular weight excluding hydrogens is 473 g/mol. The summed E-state index contributed by atoms with van der Waals surface area (Å²) in [4.78, 5) is 10.4. The zero-order valence-electron chi connectivity index (χ0n) is 19.2. The van der Waals surface area contributed by atoms with E-state index in [2.05, 4.69) is 27.1 Å². The van der Waals surface area contributed by atoms with Crippen molar-refractivity contribution in [2.75, 3.05) is 24.5 Å². The summed E-state index contributed by atoms with van der Waals surface area (Å²) < 4.78 is 43.6. The predicted octanol–water partition coefficient (Wildman–Crippen LogP) is 3.08. The quantitative estimate of drug-likeness (QED) is 0.658. The number of hydrogen-bond acceptors (Lipinski definition) is 8. The van der Waals surface area contributed by atoms with Crippen LogP contribution in [0.3, 0.4) is 0 Å². The van der Waals surface area contributed by atoms with Crippen LogP contribution in [-0.2, 0) is 0 Å². The van der Waals surface area contributed by atoms with Gasteiger partial charge in [-0.05, 0) is 25.2 Å². The molecule has 36 heavy (non-hydrogen) atoms. The minimum absolute atomic E-state index is 0.0109. The van der Waals surface area contributed by atoms with E-state index in [9.17, 15) is 19.1 Å². The normalized spacial score (nSPS) is 20.4. The summed E-state index contributed by atoms with van der Waals surface area (Å²) in [6, 6.07) is 1.78. The van der Waals surface area contributed by atoms with Crippen molar-refractivity contribution in [1.82, 2.24) is 25.0 Å². The summed E-state index contributed by atoms with van der Waals surface area (Å²) in [7, 11) is 0. The summed E-state index contributed by atoms with van der Waals surface area (Å²) in [5.41, 5.74) is 3.98. The van der Waals surface area contributed by atoms with Crippen LogP contribution in [0.5, 0.6) is 0 Å². The topological polar surface area (TPSA) is 105 Å². The van der Waals surface area contributed by atoms with Gasteiger partial charge in [-0.25, -0.2) is 23.6 Å². The lowest BCUT2D eigenvalue weighted by molar-refractivity contribution is 0.139. The number of aliphatic hydroxyl groups is 1. The van der Waals surface area contributed by atoms with Gasteiger partial charge in [0.2, 0.25) is 0 Å². The van der Waals surface area contributed by atoms with Crippen molar-refractivity contribution in [3.63, 3.8) is 0 Å². The molecule has 184 valence electrons. The second-order valence-corrected chi connectivity index (χ2v) is 8.34. The minimum Gasteiger partial charge on any atom is -0.389 e. The zero-order chi connectivity index (χ0) is 25.6. The van der Waals surface area contributed by atoms with Gasteiger partial charge in [-0.1, -0.05) is 12.7 Å². The molecule has 0 saturated carbocycles. The number of aliphatic hydroxyl groups excluding tert-OH is 1. The van der Waals surface area contributed by atoms with Gasteiger partial charge in [0.05, 0.1) is 23.2 Å². The Morgan fingerprint density at radius 3 is 2.75 bits per heavy atom. The number of aromatic nitrogens is 3. The zero-order valence-corrected chi connectivity index (χ0v) is 19.2. The van der Waals surface area contributed by atoms with Crippen molar-refractivity contribution >= 4 is 23.3 Å². The van der Waals surface area contributed by atoms with E-state index in [1.165, 1.54) is 16.8 Å². The van der Waals surface area contributed by atoms with Gasteiger partial charge in [-0.3, -0.25) is 10.0 Å². The van der Waals surface area contributed by atoms with Gasteiger partial charge in [-0.15, -0.1) is 0 Å². The molecule has 12 heteroatoms. The maximum absolute atomic E-state index is 15.2. The lowest BCUT2D eigenvalue weighted by Gasteiger charge is -2.38. The molecule has 3 aliphatic rings. The van der Waals surface area contributed by atoms with Crippen LogP contribution in [0.1, 0.15) is 28.9 Å². The molecule has 1 fully saturated rings. The molecule has 2 aromatic heterocycles. The number of halogens is 3. The number of alkyl halides is 2. The van der Waals surface area contributed by atoms with E-state index in [0.717, 1.165) is 0 Å². The molecule has 0 spiro atoms. The molecule has 5 rings (SSSR count). The van der Waals surface area contributed by atoms with Crippen molar-refractivity contribution < 1.29 is 18.3 Å². The van der Waals surface area contributed by atoms with E-state index >= 15 is 4.39 Å². The number of hydrogen-bond donors (Lipinski definition) is 2. The molecular formula is C24H21F3N8O. The highest BCUT2D eigenvalue weighted by Gasteiger charge is 2.33. The van der Waals surface area contributed by atoms with Crippen LogP contribution in [0.4, 0.5) is 19.0 Å². The number of hydrazine groups is 1. The van der Waals surface area contributed by atoms with Crippen molar-refractivity contribution in [3.8, 4) is 6.07 Å². The molecule has 9 nitrogen and oxygen atoms in total. The van der Waals surface area contributed by atoms with Crippen molar-refractivity contribution in [2.24, 2.45) is 4.99 Å². The maximum atomic E-state index is 15.2. The van der Waals surface area contributed by atoms with E-state index in [1.54, 1.807) is 41.3 Å². The smallest absolute Gasteiger partial charge is 0.283 e. The lowest BCUT2D eigenvalue weighted by atomic mass is 9.98. The molecule has 1 aliphatic carbocycles. The SMILES string of the molecule is C=CN=C1C=C(N2C=CCN2)C(F)=C/C1=C\c1c(C)nc2c(C#N)c(C(F)F)nn2c1N1CC(O)C1. The van der Waals surface area contributed by atoms with Gasteiger partial charge in [0.15, 0.2) is 5.65 Å². The van der Waals surface area contributed by atoms with Crippen LogP contribution in [0, 0.1) is 18.3 Å². The molecule has 0 radical (unpaired) electrons. The number of nitrogens with one attached hydrogen (secondary N) is 1. The number of nitrogens with zero attached hydrogens (tertiary/aromatic N) is 7. The first-order valence-electron chi connectivity index (χ1n) is 11.1. The van der Waals surface area contributed by atoms with Crippen LogP contribution in [0.15, 0.2) is 59.3 Å². The third-order valence-corrected chi connectivity index (χ3v) is 5.99. The third-order valence-electron chi connectivity index (χ3n) is 5.99. The van der Waals surface area contributed by atoms with Crippen LogP contribution in [-0.4, -0.2) is 56.2 Å². The Kier molecular flexibility index (Phi) is 5.95. The number of β-amino-alcohol motifs (C(OH)–C–C–N with tert-alkyl or cyclic N) is 1. The standard InChI is InChI=1S/C24H21F3N8O/c1-3-29-19-9-20(34-6-4-5-30-34)18(25)8-14(19)7-16-13(2)31-23-17(10-28)21(22(26)27)32-35(23)24(16)33-11-15(36)12-33/h3-4,6-9,15,22,30,36H,1,5,11-12H2,2H3/b14-7+,29-19?. The monoisotopic (exact) mass is 494 g/mol. The highest BCUT2D eigenvalue weighted by atomic mass is 19.3. The van der Waals surface area contributed by atoms with E-state index in [-0.39, 0.29) is 30.0 Å². The Balaban J connectivity index is 1.71. The van der Waals surface area contributed by atoms with E-state index in [1.807, 2.05) is 6.08 Å². The summed E-state index contributed by atoms with van der Waals surface area (Å²) in [5, 5.41) is 25.0. The number of aryl methyl sites for hydroxylation is 1. The Morgan fingerprint density at radius 1 is 1.36 bits per heavy atom. The van der Waals surface area contributed by atoms with Crippen molar-refractivity contribution in [2.45, 2.75) is 19.5 Å². The van der Waals surface area contributed by atoms with Crippen molar-refractivity contribution in [3.05, 3.63) is 76.8 Å². The molecule has 0 atom stereocenters. The maximum Gasteiger partial charge on any atom is 0.283 e. The number of aliphatic imine (C=N–C) groups is 1. The molecule has 2 aliphatic heterocycles. The first-order valence-corrected chi connectivity index (χ1v) is 11.1. The number of nitriles is 1. The molecule has 2 N–H and O–H groups in total. The summed E-state index contributed by atoms with van der Waals surface area (Å²) in [5.74, 6) is -0.147. The summed E-state index contributed by atoms with van der Waals surface area (Å²) in [6.45, 7) is 6.33. The lowest BCUT2D eigenvalue weighted by Crippen LogP contribution is -2.52. The largest absolute Gasteiger partial charge is 0.389 e. The third kappa shape index (κ3) is 3.88. The molecule has 0 bridgehead atoms. The molecule has 0 aromatic carbocycles. The van der Waals surface area contributed by atoms with Gasteiger partial charge in [0, 0.05) is 43.2 Å². The van der Waals surface area contributed by atoms with Crippen LogP contribution < -0.4 is 10.3 Å². The van der Waals surface area contributed by atoms with E-state index in [0.29, 0.717) is 34.9 Å². The average Bonchev–Trinajstić information content (AvgIpc) is 3.47. The number of rotatable bonds is 5. The average molecular weight is 494 g/mol. The first-order chi connectivity index (χ1) is 17.3. The minimum atomic E-state index is -2.98.